The SMILES string of the molecule is CCN(CCOC)c1cccc(Cl)c1CCl. The van der Waals surface area contributed by atoms with Crippen LogP contribution in [-0.2, 0) is 10.6 Å². The van der Waals surface area contributed by atoms with Gasteiger partial charge in [0.05, 0.1) is 12.5 Å². The highest BCUT2D eigenvalue weighted by Crippen LogP contribution is 2.28. The Morgan fingerprint density at radius 2 is 2.12 bits per heavy atom. The molecule has 1 aromatic rings. The number of benzene rings is 1. The Labute approximate surface area is 107 Å². The van der Waals surface area contributed by atoms with Crippen molar-refractivity contribution in [3.05, 3.63) is 28.8 Å². The number of halogens is 2. The zero-order chi connectivity index (χ0) is 12.0. The summed E-state index contributed by atoms with van der Waals surface area (Å²) < 4.78 is 5.09. The zero-order valence-electron chi connectivity index (χ0n) is 9.67. The predicted molar refractivity (Wildman–Crippen MR) is 70.8 cm³/mol. The highest BCUT2D eigenvalue weighted by atomic mass is 35.5. The third kappa shape index (κ3) is 3.27. The van der Waals surface area contributed by atoms with Crippen LogP contribution < -0.4 is 4.90 Å². The first-order valence-electron chi connectivity index (χ1n) is 5.31. The number of methoxy groups -OCH3 is 1. The summed E-state index contributed by atoms with van der Waals surface area (Å²) in [5, 5.41) is 0.725. The van der Waals surface area contributed by atoms with Gasteiger partial charge >= 0.3 is 0 Å². The van der Waals surface area contributed by atoms with Crippen molar-refractivity contribution in [1.82, 2.24) is 0 Å². The minimum absolute atomic E-state index is 0.429. The largest absolute Gasteiger partial charge is 0.383 e. The van der Waals surface area contributed by atoms with Gasteiger partial charge in [0, 0.05) is 36.5 Å². The highest BCUT2D eigenvalue weighted by molar-refractivity contribution is 6.32. The molecule has 0 bridgehead atoms. The lowest BCUT2D eigenvalue weighted by Crippen LogP contribution is -2.27. The fourth-order valence-corrected chi connectivity index (χ4v) is 2.21. The summed E-state index contributed by atoms with van der Waals surface area (Å²) in [6.45, 7) is 4.56. The molecule has 0 atom stereocenters. The number of nitrogens with zero attached hydrogens (tertiary/aromatic N) is 1. The molecule has 0 unspecified atom stereocenters. The van der Waals surface area contributed by atoms with Crippen molar-refractivity contribution in [2.45, 2.75) is 12.8 Å². The normalized spacial score (nSPS) is 10.5. The molecule has 0 amide bonds. The summed E-state index contributed by atoms with van der Waals surface area (Å²) in [6, 6.07) is 5.86. The second-order valence-electron chi connectivity index (χ2n) is 3.44. The molecule has 0 fully saturated rings. The fourth-order valence-electron chi connectivity index (χ4n) is 1.63. The van der Waals surface area contributed by atoms with Crippen molar-refractivity contribution in [2.75, 3.05) is 31.7 Å². The smallest absolute Gasteiger partial charge is 0.0637 e. The first-order chi connectivity index (χ1) is 7.74. The number of anilines is 1. The molecule has 0 saturated carbocycles. The molecule has 1 aromatic carbocycles. The Hall–Kier alpha value is -0.440. The molecule has 0 heterocycles. The molecule has 0 N–H and O–H groups in total. The van der Waals surface area contributed by atoms with Gasteiger partial charge in [-0.15, -0.1) is 11.6 Å². The highest BCUT2D eigenvalue weighted by Gasteiger charge is 2.11. The zero-order valence-corrected chi connectivity index (χ0v) is 11.2. The van der Waals surface area contributed by atoms with E-state index in [0.717, 1.165) is 29.4 Å². The Morgan fingerprint density at radius 3 is 2.69 bits per heavy atom. The minimum atomic E-state index is 0.429. The van der Waals surface area contributed by atoms with Crippen LogP contribution in [-0.4, -0.2) is 26.8 Å². The molecule has 0 radical (unpaired) electrons. The lowest BCUT2D eigenvalue weighted by atomic mass is 10.1. The van der Waals surface area contributed by atoms with Crippen LogP contribution >= 0.6 is 23.2 Å². The van der Waals surface area contributed by atoms with Crippen LogP contribution in [0.3, 0.4) is 0 Å². The maximum atomic E-state index is 6.12. The molecule has 1 rings (SSSR count). The van der Waals surface area contributed by atoms with Gasteiger partial charge in [0.1, 0.15) is 0 Å². The third-order valence-electron chi connectivity index (χ3n) is 2.52. The van der Waals surface area contributed by atoms with E-state index in [1.807, 2.05) is 18.2 Å². The third-order valence-corrected chi connectivity index (χ3v) is 3.14. The van der Waals surface area contributed by atoms with Crippen LogP contribution in [0.5, 0.6) is 0 Å². The van der Waals surface area contributed by atoms with E-state index >= 15 is 0 Å². The van der Waals surface area contributed by atoms with Crippen LogP contribution in [0.4, 0.5) is 5.69 Å². The van der Waals surface area contributed by atoms with Gasteiger partial charge in [-0.1, -0.05) is 17.7 Å². The summed E-state index contributed by atoms with van der Waals surface area (Å²) >= 11 is 12.1. The second-order valence-corrected chi connectivity index (χ2v) is 4.12. The van der Waals surface area contributed by atoms with Crippen molar-refractivity contribution in [3.8, 4) is 0 Å². The van der Waals surface area contributed by atoms with E-state index in [4.69, 9.17) is 27.9 Å². The first kappa shape index (κ1) is 13.6. The molecule has 90 valence electrons. The van der Waals surface area contributed by atoms with Crippen molar-refractivity contribution >= 4 is 28.9 Å². The summed E-state index contributed by atoms with van der Waals surface area (Å²) in [5.74, 6) is 0.429. The maximum Gasteiger partial charge on any atom is 0.0637 e. The topological polar surface area (TPSA) is 12.5 Å². The number of hydrogen-bond donors (Lipinski definition) is 0. The van der Waals surface area contributed by atoms with Gasteiger partial charge in [-0.2, -0.15) is 0 Å². The van der Waals surface area contributed by atoms with Crippen LogP contribution in [0.2, 0.25) is 5.02 Å². The van der Waals surface area contributed by atoms with E-state index < -0.39 is 0 Å². The van der Waals surface area contributed by atoms with E-state index in [1.165, 1.54) is 0 Å². The summed E-state index contributed by atoms with van der Waals surface area (Å²) in [6.07, 6.45) is 0. The molecule has 0 aliphatic rings. The number of likely N-dealkylation sites (N-methyl/N-ethyl adjacent to an activating group) is 1. The summed E-state index contributed by atoms with van der Waals surface area (Å²) in [7, 11) is 1.70. The van der Waals surface area contributed by atoms with E-state index in [0.29, 0.717) is 12.5 Å². The monoisotopic (exact) mass is 261 g/mol. The first-order valence-corrected chi connectivity index (χ1v) is 6.23. The van der Waals surface area contributed by atoms with Gasteiger partial charge in [-0.05, 0) is 19.1 Å². The van der Waals surface area contributed by atoms with E-state index in [-0.39, 0.29) is 0 Å². The lowest BCUT2D eigenvalue weighted by Gasteiger charge is -2.25. The van der Waals surface area contributed by atoms with Gasteiger partial charge < -0.3 is 9.64 Å². The van der Waals surface area contributed by atoms with Crippen molar-refractivity contribution in [1.29, 1.82) is 0 Å². The minimum Gasteiger partial charge on any atom is -0.383 e. The Bertz CT molecular complexity index is 331. The summed E-state index contributed by atoms with van der Waals surface area (Å²) in [4.78, 5) is 2.22. The predicted octanol–water partition coefficient (Wildman–Crippen LogP) is 3.55. The average Bonchev–Trinajstić information content (AvgIpc) is 2.30. The fraction of sp³-hybridized carbons (Fsp3) is 0.500. The molecule has 0 aliphatic heterocycles. The Kier molecular flexibility index (Phi) is 5.96. The van der Waals surface area contributed by atoms with Crippen LogP contribution in [0.25, 0.3) is 0 Å². The number of ether oxygens (including phenoxy) is 1. The molecule has 4 heteroatoms. The van der Waals surface area contributed by atoms with Gasteiger partial charge in [-0.3, -0.25) is 0 Å². The number of hydrogen-bond acceptors (Lipinski definition) is 2. The standard InChI is InChI=1S/C12H17Cl2NO/c1-3-15(7-8-16-2)12-6-4-5-11(14)10(12)9-13/h4-6H,3,7-9H2,1-2H3. The molecule has 0 aliphatic carbocycles. The van der Waals surface area contributed by atoms with Crippen molar-refractivity contribution in [2.24, 2.45) is 0 Å². The lowest BCUT2D eigenvalue weighted by molar-refractivity contribution is 0.205. The van der Waals surface area contributed by atoms with Gasteiger partial charge in [0.2, 0.25) is 0 Å². The molecule has 0 spiro atoms. The molecular weight excluding hydrogens is 245 g/mol. The average molecular weight is 262 g/mol. The van der Waals surface area contributed by atoms with Crippen molar-refractivity contribution < 1.29 is 4.74 Å². The molecule has 2 nitrogen and oxygen atoms in total. The van der Waals surface area contributed by atoms with Crippen molar-refractivity contribution in [3.63, 3.8) is 0 Å². The Morgan fingerprint density at radius 1 is 1.38 bits per heavy atom. The molecular formula is C12H17Cl2NO. The van der Waals surface area contributed by atoms with E-state index in [9.17, 15) is 0 Å². The second kappa shape index (κ2) is 7.00. The molecule has 16 heavy (non-hydrogen) atoms. The number of rotatable bonds is 6. The quantitative estimate of drug-likeness (QED) is 0.727. The maximum absolute atomic E-state index is 6.12. The Balaban J connectivity index is 2.94. The molecule has 0 aromatic heterocycles. The van der Waals surface area contributed by atoms with Crippen LogP contribution in [0.1, 0.15) is 12.5 Å². The number of alkyl halides is 1. The van der Waals surface area contributed by atoms with Gasteiger partial charge in [-0.25, -0.2) is 0 Å². The van der Waals surface area contributed by atoms with Gasteiger partial charge in [0.25, 0.3) is 0 Å². The van der Waals surface area contributed by atoms with Crippen LogP contribution in [0.15, 0.2) is 18.2 Å². The van der Waals surface area contributed by atoms with Crippen LogP contribution in [0, 0.1) is 0 Å². The van der Waals surface area contributed by atoms with E-state index in [2.05, 4.69) is 11.8 Å². The van der Waals surface area contributed by atoms with Gasteiger partial charge in [0.15, 0.2) is 0 Å². The van der Waals surface area contributed by atoms with E-state index in [1.54, 1.807) is 7.11 Å². The molecule has 0 saturated heterocycles. The summed E-state index contributed by atoms with van der Waals surface area (Å²) in [5.41, 5.74) is 2.09.